The smallest absolute Gasteiger partial charge is 0.259 e. The summed E-state index contributed by atoms with van der Waals surface area (Å²) in [5.74, 6) is 0.00128. The predicted molar refractivity (Wildman–Crippen MR) is 149 cm³/mol. The summed E-state index contributed by atoms with van der Waals surface area (Å²) in [5, 5.41) is 16.7. The largest absolute Gasteiger partial charge is 0.505 e. The molecule has 5 nitrogen and oxygen atoms in total. The number of anilines is 1. The summed E-state index contributed by atoms with van der Waals surface area (Å²) < 4.78 is 6.15. The zero-order valence-corrected chi connectivity index (χ0v) is 21.6. The van der Waals surface area contributed by atoms with Crippen LogP contribution in [0.5, 0.6) is 11.5 Å². The van der Waals surface area contributed by atoms with Crippen LogP contribution in [0.2, 0.25) is 10.0 Å². The van der Waals surface area contributed by atoms with Gasteiger partial charge in [-0.15, -0.1) is 0 Å². The first-order valence-corrected chi connectivity index (χ1v) is 12.9. The highest BCUT2D eigenvalue weighted by atomic mass is 35.5. The molecule has 0 aromatic heterocycles. The minimum atomic E-state index is -0.261. The van der Waals surface area contributed by atoms with Gasteiger partial charge < -0.3 is 20.5 Å². The Balaban J connectivity index is 1.45. The van der Waals surface area contributed by atoms with Crippen LogP contribution >= 0.6 is 23.2 Å². The second kappa shape index (κ2) is 11.3. The molecule has 1 amide bonds. The van der Waals surface area contributed by atoms with Crippen molar-refractivity contribution in [2.75, 3.05) is 18.4 Å². The third kappa shape index (κ3) is 5.91. The Labute approximate surface area is 226 Å². The molecule has 0 unspecified atom stereocenters. The molecule has 1 aliphatic heterocycles. The van der Waals surface area contributed by atoms with Gasteiger partial charge in [0.05, 0.1) is 15.6 Å². The first-order chi connectivity index (χ1) is 18.0. The number of amides is 1. The lowest BCUT2D eigenvalue weighted by molar-refractivity contribution is 0.102. The summed E-state index contributed by atoms with van der Waals surface area (Å²) >= 11 is 12.3. The maximum absolute atomic E-state index is 13.4. The van der Waals surface area contributed by atoms with Crippen molar-refractivity contribution in [1.82, 2.24) is 5.32 Å². The van der Waals surface area contributed by atoms with Crippen LogP contribution in [0.3, 0.4) is 0 Å². The standard InChI is InChI=1S/C30H26Cl2N2O3/c31-26-15-23(16-27(32)29(26)35)21-7-9-25(28(17-21)37-18-19-4-2-1-3-5-19)30(36)34-24-8-6-20-10-12-33-13-11-22(20)14-24/h1-9,14-17,33,35H,10-13,18H2,(H,34,36). The Morgan fingerprint density at radius 3 is 2.35 bits per heavy atom. The zero-order chi connectivity index (χ0) is 25.8. The Hall–Kier alpha value is -3.51. The fraction of sp³-hybridized carbons (Fsp3) is 0.167. The van der Waals surface area contributed by atoms with Gasteiger partial charge in [0.1, 0.15) is 12.4 Å². The second-order valence-electron chi connectivity index (χ2n) is 8.96. The van der Waals surface area contributed by atoms with Crippen LogP contribution in [-0.2, 0) is 19.4 Å². The monoisotopic (exact) mass is 532 g/mol. The van der Waals surface area contributed by atoms with Gasteiger partial charge >= 0.3 is 0 Å². The van der Waals surface area contributed by atoms with Gasteiger partial charge in [0.25, 0.3) is 5.91 Å². The molecule has 0 bridgehead atoms. The van der Waals surface area contributed by atoms with E-state index in [2.05, 4.69) is 22.8 Å². The molecule has 0 atom stereocenters. The van der Waals surface area contributed by atoms with Gasteiger partial charge in [-0.05, 0) is 90.1 Å². The average Bonchev–Trinajstić information content (AvgIpc) is 3.16. The van der Waals surface area contributed by atoms with Gasteiger partial charge in [0, 0.05) is 5.69 Å². The number of phenolic OH excluding ortho intramolecular Hbond substituents is 1. The van der Waals surface area contributed by atoms with Gasteiger partial charge in [-0.25, -0.2) is 0 Å². The molecule has 37 heavy (non-hydrogen) atoms. The number of carbonyl (C=O) groups excluding carboxylic acids is 1. The molecule has 0 radical (unpaired) electrons. The summed E-state index contributed by atoms with van der Waals surface area (Å²) in [4.78, 5) is 13.4. The Morgan fingerprint density at radius 2 is 1.59 bits per heavy atom. The maximum Gasteiger partial charge on any atom is 0.259 e. The van der Waals surface area contributed by atoms with E-state index in [4.69, 9.17) is 27.9 Å². The van der Waals surface area contributed by atoms with Crippen LogP contribution in [0.4, 0.5) is 5.69 Å². The van der Waals surface area contributed by atoms with Crippen LogP contribution in [0, 0.1) is 0 Å². The first kappa shape index (κ1) is 25.2. The van der Waals surface area contributed by atoms with Gasteiger partial charge in [-0.2, -0.15) is 0 Å². The number of benzene rings is 4. The highest BCUT2D eigenvalue weighted by Gasteiger charge is 2.17. The van der Waals surface area contributed by atoms with E-state index in [0.717, 1.165) is 42.7 Å². The summed E-state index contributed by atoms with van der Waals surface area (Å²) in [7, 11) is 0. The molecule has 5 rings (SSSR count). The van der Waals surface area contributed by atoms with Crippen LogP contribution in [0.1, 0.15) is 27.0 Å². The second-order valence-corrected chi connectivity index (χ2v) is 9.78. The van der Waals surface area contributed by atoms with Crippen LogP contribution in [-0.4, -0.2) is 24.1 Å². The molecule has 4 aromatic carbocycles. The van der Waals surface area contributed by atoms with Gasteiger partial charge in [0.2, 0.25) is 0 Å². The number of aromatic hydroxyl groups is 1. The van der Waals surface area contributed by atoms with Crippen molar-refractivity contribution in [3.8, 4) is 22.6 Å². The highest BCUT2D eigenvalue weighted by molar-refractivity contribution is 6.37. The lowest BCUT2D eigenvalue weighted by atomic mass is 10.0. The Kier molecular flexibility index (Phi) is 7.65. The predicted octanol–water partition coefficient (Wildman–Crippen LogP) is 6.89. The Bertz CT molecular complexity index is 1420. The van der Waals surface area contributed by atoms with Crippen LogP contribution in [0.15, 0.2) is 78.9 Å². The van der Waals surface area contributed by atoms with Crippen molar-refractivity contribution in [3.63, 3.8) is 0 Å². The molecule has 0 aliphatic carbocycles. The summed E-state index contributed by atoms with van der Waals surface area (Å²) in [5.41, 5.74) is 6.15. The van der Waals surface area contributed by atoms with E-state index in [9.17, 15) is 9.90 Å². The van der Waals surface area contributed by atoms with Gasteiger partial charge in [-0.1, -0.05) is 65.7 Å². The number of halogens is 2. The molecular weight excluding hydrogens is 507 g/mol. The number of phenols is 1. The molecule has 1 aliphatic rings. The third-order valence-corrected chi connectivity index (χ3v) is 7.00. The van der Waals surface area contributed by atoms with Crippen molar-refractivity contribution in [3.05, 3.63) is 111 Å². The van der Waals surface area contributed by atoms with Crippen molar-refractivity contribution < 1.29 is 14.6 Å². The van der Waals surface area contributed by atoms with E-state index in [1.165, 1.54) is 11.1 Å². The number of nitrogens with one attached hydrogen (secondary N) is 2. The molecule has 188 valence electrons. The zero-order valence-electron chi connectivity index (χ0n) is 20.1. The summed E-state index contributed by atoms with van der Waals surface area (Å²) in [6.45, 7) is 2.19. The molecule has 7 heteroatoms. The molecule has 0 fully saturated rings. The summed E-state index contributed by atoms with van der Waals surface area (Å²) in [6.07, 6.45) is 1.91. The van der Waals surface area contributed by atoms with Crippen molar-refractivity contribution >= 4 is 34.8 Å². The quantitative estimate of drug-likeness (QED) is 0.253. The van der Waals surface area contributed by atoms with E-state index >= 15 is 0 Å². The van der Waals surface area contributed by atoms with E-state index in [-0.39, 0.29) is 21.7 Å². The molecule has 0 spiro atoms. The number of ether oxygens (including phenoxy) is 1. The molecule has 3 N–H and O–H groups in total. The lowest BCUT2D eigenvalue weighted by Crippen LogP contribution is -2.16. The van der Waals surface area contributed by atoms with E-state index in [1.54, 1.807) is 24.3 Å². The van der Waals surface area contributed by atoms with Crippen molar-refractivity contribution in [1.29, 1.82) is 0 Å². The molecule has 0 saturated heterocycles. The fourth-order valence-electron chi connectivity index (χ4n) is 4.43. The minimum absolute atomic E-state index is 0.148. The van der Waals surface area contributed by atoms with E-state index < -0.39 is 0 Å². The highest BCUT2D eigenvalue weighted by Crippen LogP contribution is 2.38. The molecule has 0 saturated carbocycles. The normalized spacial score (nSPS) is 12.9. The molecular formula is C30H26Cl2N2O3. The van der Waals surface area contributed by atoms with Crippen molar-refractivity contribution in [2.45, 2.75) is 19.4 Å². The number of carbonyl (C=O) groups is 1. The summed E-state index contributed by atoms with van der Waals surface area (Å²) in [6, 6.07) is 24.4. The van der Waals surface area contributed by atoms with E-state index in [0.29, 0.717) is 23.5 Å². The number of fused-ring (bicyclic) bond motifs is 1. The van der Waals surface area contributed by atoms with Gasteiger partial charge in [0.15, 0.2) is 5.75 Å². The van der Waals surface area contributed by atoms with E-state index in [1.807, 2.05) is 42.5 Å². The number of rotatable bonds is 6. The average molecular weight is 533 g/mol. The topological polar surface area (TPSA) is 70.6 Å². The Morgan fingerprint density at radius 1 is 0.865 bits per heavy atom. The van der Waals surface area contributed by atoms with Crippen molar-refractivity contribution in [2.24, 2.45) is 0 Å². The lowest BCUT2D eigenvalue weighted by Gasteiger charge is -2.15. The van der Waals surface area contributed by atoms with Gasteiger partial charge in [-0.3, -0.25) is 4.79 Å². The van der Waals surface area contributed by atoms with Crippen LogP contribution < -0.4 is 15.4 Å². The van der Waals surface area contributed by atoms with Crippen LogP contribution in [0.25, 0.3) is 11.1 Å². The number of hydrogen-bond acceptors (Lipinski definition) is 4. The SMILES string of the molecule is O=C(Nc1ccc2c(c1)CCNCC2)c1ccc(-c2cc(Cl)c(O)c(Cl)c2)cc1OCc1ccccc1. The molecule has 1 heterocycles. The third-order valence-electron chi connectivity index (χ3n) is 6.42. The molecule has 4 aromatic rings. The minimum Gasteiger partial charge on any atom is -0.505 e. The maximum atomic E-state index is 13.4. The first-order valence-electron chi connectivity index (χ1n) is 12.1. The fourth-order valence-corrected chi connectivity index (χ4v) is 4.91. The number of hydrogen-bond donors (Lipinski definition) is 3.